The topological polar surface area (TPSA) is 94.1 Å². The maximum Gasteiger partial charge on any atom is 0.319 e. The van der Waals surface area contributed by atoms with Crippen LogP contribution in [0.1, 0.15) is 43.6 Å². The van der Waals surface area contributed by atoms with Crippen LogP contribution in [0.2, 0.25) is 0 Å². The molecule has 190 valence electrons. The number of rotatable bonds is 8. The van der Waals surface area contributed by atoms with Crippen LogP contribution in [0.25, 0.3) is 0 Å². The van der Waals surface area contributed by atoms with Gasteiger partial charge >= 0.3 is 6.03 Å². The van der Waals surface area contributed by atoms with Crippen molar-refractivity contribution < 1.29 is 19.4 Å². The molecule has 1 heterocycles. The van der Waals surface area contributed by atoms with E-state index in [9.17, 15) is 14.7 Å². The van der Waals surface area contributed by atoms with Crippen LogP contribution < -0.4 is 15.4 Å². The molecule has 0 aromatic heterocycles. The highest BCUT2D eigenvalue weighted by Gasteiger charge is 2.33. The van der Waals surface area contributed by atoms with Crippen LogP contribution in [0.3, 0.4) is 0 Å². The molecule has 8 heteroatoms. The van der Waals surface area contributed by atoms with Crippen LogP contribution in [-0.4, -0.2) is 71.8 Å². The predicted molar refractivity (Wildman–Crippen MR) is 138 cm³/mol. The van der Waals surface area contributed by atoms with Crippen molar-refractivity contribution in [2.75, 3.05) is 32.1 Å². The summed E-state index contributed by atoms with van der Waals surface area (Å²) in [5.74, 6) is 0.288. The van der Waals surface area contributed by atoms with Crippen molar-refractivity contribution >= 4 is 17.6 Å². The Bertz CT molecular complexity index is 998. The summed E-state index contributed by atoms with van der Waals surface area (Å²) in [6, 6.07) is 14.7. The van der Waals surface area contributed by atoms with E-state index in [1.807, 2.05) is 39.0 Å². The summed E-state index contributed by atoms with van der Waals surface area (Å²) >= 11 is 0. The second-order valence-corrected chi connectivity index (χ2v) is 9.77. The summed E-state index contributed by atoms with van der Waals surface area (Å²) in [6.45, 7) is 9.43. The molecule has 0 fully saturated rings. The van der Waals surface area contributed by atoms with Gasteiger partial charge in [-0.1, -0.05) is 37.3 Å². The molecule has 0 aliphatic carbocycles. The Balaban J connectivity index is 1.87. The van der Waals surface area contributed by atoms with Gasteiger partial charge in [0.15, 0.2) is 0 Å². The minimum absolute atomic E-state index is 0.0136. The zero-order valence-corrected chi connectivity index (χ0v) is 21.3. The molecule has 0 spiro atoms. The fourth-order valence-electron chi connectivity index (χ4n) is 4.21. The molecule has 8 nitrogen and oxygen atoms in total. The van der Waals surface area contributed by atoms with E-state index in [2.05, 4.69) is 41.6 Å². The van der Waals surface area contributed by atoms with E-state index >= 15 is 0 Å². The maximum atomic E-state index is 13.5. The van der Waals surface area contributed by atoms with E-state index in [0.717, 1.165) is 6.54 Å². The normalized spacial score (nSPS) is 19.0. The largest absolute Gasteiger partial charge is 0.488 e. The first-order valence-corrected chi connectivity index (χ1v) is 12.2. The third-order valence-corrected chi connectivity index (χ3v) is 6.13. The fourth-order valence-corrected chi connectivity index (χ4v) is 4.21. The van der Waals surface area contributed by atoms with Crippen LogP contribution in [-0.2, 0) is 6.54 Å². The van der Waals surface area contributed by atoms with E-state index in [0.29, 0.717) is 30.1 Å². The van der Waals surface area contributed by atoms with E-state index < -0.39 is 0 Å². The number of aliphatic hydroxyl groups excluding tert-OH is 1. The molecular weight excluding hydrogens is 444 g/mol. The number of hydrogen-bond donors (Lipinski definition) is 3. The number of benzene rings is 2. The number of nitrogens with zero attached hydrogens (tertiary/aromatic N) is 2. The minimum Gasteiger partial charge on any atom is -0.488 e. The number of hydrogen-bond acceptors (Lipinski definition) is 5. The van der Waals surface area contributed by atoms with Gasteiger partial charge in [-0.3, -0.25) is 9.69 Å². The Labute approximate surface area is 208 Å². The number of aliphatic hydroxyl groups is 1. The highest BCUT2D eigenvalue weighted by atomic mass is 16.5. The van der Waals surface area contributed by atoms with Crippen molar-refractivity contribution in [2.24, 2.45) is 5.92 Å². The number of likely N-dealkylation sites (N-methyl/N-ethyl adjacent to an activating group) is 1. The molecule has 35 heavy (non-hydrogen) atoms. The molecular formula is C27H38N4O4. The van der Waals surface area contributed by atoms with Crippen molar-refractivity contribution in [3.8, 4) is 5.75 Å². The van der Waals surface area contributed by atoms with Gasteiger partial charge < -0.3 is 25.4 Å². The molecule has 1 aliphatic heterocycles. The third-order valence-electron chi connectivity index (χ3n) is 6.13. The zero-order valence-electron chi connectivity index (χ0n) is 21.3. The highest BCUT2D eigenvalue weighted by molar-refractivity contribution is 5.99. The van der Waals surface area contributed by atoms with Gasteiger partial charge in [0.05, 0.1) is 18.2 Å². The van der Waals surface area contributed by atoms with E-state index in [1.54, 1.807) is 23.1 Å². The molecule has 0 bridgehead atoms. The van der Waals surface area contributed by atoms with Gasteiger partial charge in [-0.2, -0.15) is 0 Å². The number of carbonyl (C=O) groups excluding carboxylic acids is 2. The molecule has 0 saturated carbocycles. The fraction of sp³-hybridized carbons (Fsp3) is 0.481. The van der Waals surface area contributed by atoms with Crippen molar-refractivity contribution in [2.45, 2.75) is 52.4 Å². The number of amides is 3. The van der Waals surface area contributed by atoms with Gasteiger partial charge in [0, 0.05) is 37.3 Å². The average molecular weight is 483 g/mol. The van der Waals surface area contributed by atoms with Crippen LogP contribution >= 0.6 is 0 Å². The summed E-state index contributed by atoms with van der Waals surface area (Å²) in [5, 5.41) is 15.4. The maximum absolute atomic E-state index is 13.5. The van der Waals surface area contributed by atoms with E-state index in [1.165, 1.54) is 5.56 Å². The average Bonchev–Trinajstić information content (AvgIpc) is 2.81. The lowest BCUT2D eigenvalue weighted by Gasteiger charge is -2.38. The molecule has 2 aromatic rings. The van der Waals surface area contributed by atoms with Crippen molar-refractivity contribution in [3.05, 3.63) is 59.7 Å². The van der Waals surface area contributed by atoms with Gasteiger partial charge in [-0.25, -0.2) is 4.79 Å². The Morgan fingerprint density at radius 3 is 2.57 bits per heavy atom. The number of ether oxygens (including phenoxy) is 1. The van der Waals surface area contributed by atoms with Gasteiger partial charge in [-0.05, 0) is 51.6 Å². The summed E-state index contributed by atoms with van der Waals surface area (Å²) < 4.78 is 6.43. The number of fused-ring (bicyclic) bond motifs is 1. The molecule has 3 N–H and O–H groups in total. The van der Waals surface area contributed by atoms with E-state index in [-0.39, 0.29) is 42.7 Å². The van der Waals surface area contributed by atoms with Crippen molar-refractivity contribution in [1.29, 1.82) is 0 Å². The number of urea groups is 1. The number of anilines is 1. The molecule has 3 atom stereocenters. The second kappa shape index (κ2) is 12.0. The molecule has 3 amide bonds. The van der Waals surface area contributed by atoms with Crippen LogP contribution in [0.5, 0.6) is 5.75 Å². The van der Waals surface area contributed by atoms with Crippen molar-refractivity contribution in [1.82, 2.24) is 15.1 Å². The lowest BCUT2D eigenvalue weighted by atomic mass is 9.99. The summed E-state index contributed by atoms with van der Waals surface area (Å²) in [7, 11) is 2.06. The molecule has 0 unspecified atom stereocenters. The summed E-state index contributed by atoms with van der Waals surface area (Å²) in [5.41, 5.74) is 2.09. The van der Waals surface area contributed by atoms with Gasteiger partial charge in [0.1, 0.15) is 11.9 Å². The smallest absolute Gasteiger partial charge is 0.319 e. The SMILES string of the molecule is CC(C)NC(=O)Nc1ccc2c(c1)C(=O)N([C@H](C)CO)C[C@H](C)[C@H](CN(C)Cc1ccccc1)O2. The standard InChI is InChI=1S/C27H38N4O4/c1-18(2)28-27(34)29-22-11-12-24-23(13-22)26(33)31(20(4)17-32)14-19(3)25(35-24)16-30(5)15-21-9-7-6-8-10-21/h6-13,18-20,25,32H,14-17H2,1-5H3,(H2,28,29,34)/t19-,20+,25-/m0/s1. The quantitative estimate of drug-likeness (QED) is 0.535. The van der Waals surface area contributed by atoms with Crippen LogP contribution in [0.15, 0.2) is 48.5 Å². The van der Waals surface area contributed by atoms with Crippen LogP contribution in [0.4, 0.5) is 10.5 Å². The minimum atomic E-state index is -0.348. The first-order valence-electron chi connectivity index (χ1n) is 12.2. The Hall–Kier alpha value is -3.10. The summed E-state index contributed by atoms with van der Waals surface area (Å²) in [4.78, 5) is 29.6. The molecule has 1 aliphatic rings. The number of nitrogens with one attached hydrogen (secondary N) is 2. The molecule has 3 rings (SSSR count). The molecule has 2 aromatic carbocycles. The Kier molecular flexibility index (Phi) is 9.12. The first-order chi connectivity index (χ1) is 16.7. The monoisotopic (exact) mass is 482 g/mol. The zero-order chi connectivity index (χ0) is 25.5. The van der Waals surface area contributed by atoms with Gasteiger partial charge in [-0.15, -0.1) is 0 Å². The second-order valence-electron chi connectivity index (χ2n) is 9.77. The Morgan fingerprint density at radius 1 is 1.20 bits per heavy atom. The molecule has 0 saturated heterocycles. The summed E-state index contributed by atoms with van der Waals surface area (Å²) in [6.07, 6.45) is -0.174. The lowest BCUT2D eigenvalue weighted by molar-refractivity contribution is 0.0341. The van der Waals surface area contributed by atoms with Crippen LogP contribution in [0, 0.1) is 5.92 Å². The van der Waals surface area contributed by atoms with E-state index in [4.69, 9.17) is 4.74 Å². The lowest BCUT2D eigenvalue weighted by Crippen LogP contribution is -2.49. The Morgan fingerprint density at radius 2 is 1.91 bits per heavy atom. The third kappa shape index (κ3) is 7.19. The van der Waals surface area contributed by atoms with Gasteiger partial charge in [0.2, 0.25) is 0 Å². The van der Waals surface area contributed by atoms with Gasteiger partial charge in [0.25, 0.3) is 5.91 Å². The molecule has 0 radical (unpaired) electrons. The first kappa shape index (κ1) is 26.5. The highest BCUT2D eigenvalue weighted by Crippen LogP contribution is 2.30. The predicted octanol–water partition coefficient (Wildman–Crippen LogP) is 3.57. The van der Waals surface area contributed by atoms with Crippen molar-refractivity contribution in [3.63, 3.8) is 0 Å². The number of carbonyl (C=O) groups is 2.